The Labute approximate surface area is 75.8 Å². The molecule has 0 bridgehead atoms. The molecule has 0 radical (unpaired) electrons. The van der Waals surface area contributed by atoms with Gasteiger partial charge in [-0.15, -0.1) is 0 Å². The van der Waals surface area contributed by atoms with E-state index in [9.17, 15) is 4.79 Å². The molecule has 1 N–H and O–H groups in total. The maximum atomic E-state index is 11.3. The molecule has 0 aliphatic rings. The zero-order valence-corrected chi connectivity index (χ0v) is 7.59. The van der Waals surface area contributed by atoms with Gasteiger partial charge in [-0.2, -0.15) is 0 Å². The van der Waals surface area contributed by atoms with Gasteiger partial charge in [-0.05, 0) is 19.9 Å². The molecule has 0 amide bonds. The summed E-state index contributed by atoms with van der Waals surface area (Å²) in [7, 11) is 0. The molecule has 0 fully saturated rings. The molecule has 0 spiro atoms. The maximum Gasteiger partial charge on any atom is 0.162 e. The highest BCUT2D eigenvalue weighted by Crippen LogP contribution is 2.20. The molecule has 0 saturated carbocycles. The van der Waals surface area contributed by atoms with Crippen LogP contribution in [-0.2, 0) is 0 Å². The van der Waals surface area contributed by atoms with Crippen LogP contribution in [0.15, 0.2) is 18.5 Å². The van der Waals surface area contributed by atoms with Crippen molar-refractivity contribution < 1.29 is 4.79 Å². The Morgan fingerprint density at radius 2 is 2.31 bits per heavy atom. The van der Waals surface area contributed by atoms with Crippen LogP contribution >= 0.6 is 0 Å². The first-order chi connectivity index (χ1) is 6.20. The zero-order chi connectivity index (χ0) is 9.42. The SMILES string of the molecule is CC(=O)c1c(C)[nH]c2cnccc12. The van der Waals surface area contributed by atoms with Crippen LogP contribution in [0.4, 0.5) is 0 Å². The minimum absolute atomic E-state index is 0.0925. The van der Waals surface area contributed by atoms with Gasteiger partial charge in [-0.3, -0.25) is 9.78 Å². The van der Waals surface area contributed by atoms with Crippen molar-refractivity contribution in [3.8, 4) is 0 Å². The second-order valence-electron chi connectivity index (χ2n) is 3.10. The number of carbonyl (C=O) groups is 1. The van der Waals surface area contributed by atoms with Crippen molar-refractivity contribution in [2.24, 2.45) is 0 Å². The van der Waals surface area contributed by atoms with Gasteiger partial charge in [0.1, 0.15) is 0 Å². The molecule has 2 heterocycles. The van der Waals surface area contributed by atoms with Crippen LogP contribution in [0.3, 0.4) is 0 Å². The third-order valence-electron chi connectivity index (χ3n) is 2.14. The molecule has 0 unspecified atom stereocenters. The zero-order valence-electron chi connectivity index (χ0n) is 7.59. The van der Waals surface area contributed by atoms with E-state index in [1.165, 1.54) is 0 Å². The predicted molar refractivity (Wildman–Crippen MR) is 50.8 cm³/mol. The number of fused-ring (bicyclic) bond motifs is 1. The molecule has 3 heteroatoms. The number of Topliss-reactive ketones (excluding diaryl/α,β-unsaturated/α-hetero) is 1. The number of ketones is 1. The molecule has 13 heavy (non-hydrogen) atoms. The first-order valence-electron chi connectivity index (χ1n) is 4.13. The number of hydrogen-bond donors (Lipinski definition) is 1. The monoisotopic (exact) mass is 174 g/mol. The van der Waals surface area contributed by atoms with Gasteiger partial charge < -0.3 is 4.98 Å². The van der Waals surface area contributed by atoms with Crippen LogP contribution in [0.1, 0.15) is 23.0 Å². The molecule has 0 saturated heterocycles. The molecule has 2 aromatic heterocycles. The number of pyridine rings is 1. The molecule has 0 aliphatic heterocycles. The number of nitrogens with one attached hydrogen (secondary N) is 1. The van der Waals surface area contributed by atoms with Gasteiger partial charge in [0.2, 0.25) is 0 Å². The molecule has 3 nitrogen and oxygen atoms in total. The third kappa shape index (κ3) is 1.13. The number of hydrogen-bond acceptors (Lipinski definition) is 2. The van der Waals surface area contributed by atoms with Gasteiger partial charge in [0.25, 0.3) is 0 Å². The summed E-state index contributed by atoms with van der Waals surface area (Å²) in [5.41, 5.74) is 2.61. The summed E-state index contributed by atoms with van der Waals surface area (Å²) in [6, 6.07) is 1.86. The fourth-order valence-electron chi connectivity index (χ4n) is 1.63. The number of rotatable bonds is 1. The molecule has 2 rings (SSSR count). The minimum Gasteiger partial charge on any atom is -0.357 e. The van der Waals surface area contributed by atoms with E-state index in [2.05, 4.69) is 9.97 Å². The average molecular weight is 174 g/mol. The minimum atomic E-state index is 0.0925. The van der Waals surface area contributed by atoms with Gasteiger partial charge in [0, 0.05) is 22.8 Å². The van der Waals surface area contributed by atoms with Gasteiger partial charge in [0.15, 0.2) is 5.78 Å². The van der Waals surface area contributed by atoms with Gasteiger partial charge in [-0.1, -0.05) is 0 Å². The van der Waals surface area contributed by atoms with Gasteiger partial charge in [0.05, 0.1) is 11.7 Å². The Balaban J connectivity index is 2.86. The topological polar surface area (TPSA) is 45.8 Å². The summed E-state index contributed by atoms with van der Waals surface area (Å²) in [6.07, 6.45) is 3.43. The van der Waals surface area contributed by atoms with Crippen molar-refractivity contribution in [2.75, 3.05) is 0 Å². The third-order valence-corrected chi connectivity index (χ3v) is 2.14. The van der Waals surface area contributed by atoms with E-state index in [1.54, 1.807) is 19.3 Å². The number of H-pyrrole nitrogens is 1. The van der Waals surface area contributed by atoms with Crippen molar-refractivity contribution in [3.63, 3.8) is 0 Å². The molecular formula is C10H10N2O. The van der Waals surface area contributed by atoms with Crippen molar-refractivity contribution >= 4 is 16.7 Å². The Kier molecular flexibility index (Phi) is 1.65. The quantitative estimate of drug-likeness (QED) is 0.673. The lowest BCUT2D eigenvalue weighted by molar-refractivity contribution is 0.101. The van der Waals surface area contributed by atoms with E-state index < -0.39 is 0 Å². The highest BCUT2D eigenvalue weighted by Gasteiger charge is 2.11. The standard InChI is InChI=1S/C10H10N2O/c1-6-10(7(2)13)8-3-4-11-5-9(8)12-6/h3-5,12H,1-2H3. The molecule has 0 aromatic carbocycles. The summed E-state index contributed by atoms with van der Waals surface area (Å²) in [5, 5.41) is 0.958. The van der Waals surface area contributed by atoms with E-state index in [0.717, 1.165) is 22.2 Å². The number of carbonyl (C=O) groups excluding carboxylic acids is 1. The summed E-state index contributed by atoms with van der Waals surface area (Å²) in [6.45, 7) is 3.48. The summed E-state index contributed by atoms with van der Waals surface area (Å²) < 4.78 is 0. The number of nitrogens with zero attached hydrogens (tertiary/aromatic N) is 1. The van der Waals surface area contributed by atoms with E-state index >= 15 is 0 Å². The fraction of sp³-hybridized carbons (Fsp3) is 0.200. The second kappa shape index (κ2) is 2.69. The molecular weight excluding hydrogens is 164 g/mol. The first kappa shape index (κ1) is 7.98. The van der Waals surface area contributed by atoms with Gasteiger partial charge >= 0.3 is 0 Å². The normalized spacial score (nSPS) is 10.6. The van der Waals surface area contributed by atoms with Crippen LogP contribution in [-0.4, -0.2) is 15.8 Å². The number of aromatic nitrogens is 2. The van der Waals surface area contributed by atoms with E-state index in [0.29, 0.717) is 0 Å². The lowest BCUT2D eigenvalue weighted by Crippen LogP contribution is -1.92. The summed E-state index contributed by atoms with van der Waals surface area (Å²) in [4.78, 5) is 18.4. The van der Waals surface area contributed by atoms with E-state index in [-0.39, 0.29) is 5.78 Å². The van der Waals surface area contributed by atoms with Crippen molar-refractivity contribution in [3.05, 3.63) is 29.7 Å². The smallest absolute Gasteiger partial charge is 0.162 e. The van der Waals surface area contributed by atoms with Crippen LogP contribution in [0.2, 0.25) is 0 Å². The molecule has 0 atom stereocenters. The van der Waals surface area contributed by atoms with Crippen LogP contribution in [0.25, 0.3) is 10.9 Å². The molecule has 2 aromatic rings. The Morgan fingerprint density at radius 3 is 3.00 bits per heavy atom. The van der Waals surface area contributed by atoms with Crippen LogP contribution < -0.4 is 0 Å². The van der Waals surface area contributed by atoms with Crippen molar-refractivity contribution in [1.82, 2.24) is 9.97 Å². The van der Waals surface area contributed by atoms with Crippen LogP contribution in [0, 0.1) is 6.92 Å². The average Bonchev–Trinajstić information content (AvgIpc) is 2.39. The van der Waals surface area contributed by atoms with Crippen molar-refractivity contribution in [2.45, 2.75) is 13.8 Å². The lowest BCUT2D eigenvalue weighted by atomic mass is 10.1. The predicted octanol–water partition coefficient (Wildman–Crippen LogP) is 2.07. The highest BCUT2D eigenvalue weighted by molar-refractivity contribution is 6.07. The van der Waals surface area contributed by atoms with Crippen molar-refractivity contribution in [1.29, 1.82) is 0 Å². The first-order valence-corrected chi connectivity index (χ1v) is 4.13. The fourth-order valence-corrected chi connectivity index (χ4v) is 1.63. The number of aromatic amines is 1. The van der Waals surface area contributed by atoms with Crippen LogP contribution in [0.5, 0.6) is 0 Å². The maximum absolute atomic E-state index is 11.3. The molecule has 0 aliphatic carbocycles. The highest BCUT2D eigenvalue weighted by atomic mass is 16.1. The Bertz CT molecular complexity index is 471. The van der Waals surface area contributed by atoms with E-state index in [4.69, 9.17) is 0 Å². The van der Waals surface area contributed by atoms with E-state index in [1.807, 2.05) is 13.0 Å². The summed E-state index contributed by atoms with van der Waals surface area (Å²) >= 11 is 0. The lowest BCUT2D eigenvalue weighted by Gasteiger charge is -1.92. The van der Waals surface area contributed by atoms with Gasteiger partial charge in [-0.25, -0.2) is 0 Å². The summed E-state index contributed by atoms with van der Waals surface area (Å²) in [5.74, 6) is 0.0925. The number of aryl methyl sites for hydroxylation is 1. The molecule has 66 valence electrons. The largest absolute Gasteiger partial charge is 0.357 e. The Hall–Kier alpha value is -1.64. The Morgan fingerprint density at radius 1 is 1.54 bits per heavy atom. The second-order valence-corrected chi connectivity index (χ2v) is 3.10.